The van der Waals surface area contributed by atoms with Crippen LogP contribution in [-0.4, -0.2) is 77.9 Å². The molecular formula is C33H34FN5O4. The zero-order valence-electron chi connectivity index (χ0n) is 24.0. The van der Waals surface area contributed by atoms with Crippen LogP contribution in [0.1, 0.15) is 61.6 Å². The smallest absolute Gasteiger partial charge is 0.272 e. The predicted octanol–water partition coefficient (Wildman–Crippen LogP) is 4.04. The van der Waals surface area contributed by atoms with Gasteiger partial charge in [-0.25, -0.2) is 4.39 Å². The number of hydrogen-bond donors (Lipinski definition) is 1. The molecule has 1 aromatic heterocycles. The van der Waals surface area contributed by atoms with Crippen molar-refractivity contribution in [2.24, 2.45) is 5.92 Å². The molecule has 0 aliphatic carbocycles. The lowest BCUT2D eigenvalue weighted by Gasteiger charge is -2.35. The number of alkyl halides is 1. The first kappa shape index (κ1) is 29.9. The van der Waals surface area contributed by atoms with Crippen molar-refractivity contribution < 1.29 is 23.5 Å². The lowest BCUT2D eigenvalue weighted by Crippen LogP contribution is -2.52. The van der Waals surface area contributed by atoms with Crippen LogP contribution in [0.3, 0.4) is 0 Å². The van der Waals surface area contributed by atoms with Crippen LogP contribution < -0.4 is 10.1 Å². The molecule has 43 heavy (non-hydrogen) atoms. The van der Waals surface area contributed by atoms with Gasteiger partial charge in [-0.15, -0.1) is 0 Å². The van der Waals surface area contributed by atoms with Gasteiger partial charge in [-0.1, -0.05) is 12.1 Å². The van der Waals surface area contributed by atoms with Crippen molar-refractivity contribution in [1.29, 1.82) is 5.26 Å². The van der Waals surface area contributed by atoms with Crippen molar-refractivity contribution in [3.05, 3.63) is 94.8 Å². The number of ether oxygens (including phenoxy) is 1. The summed E-state index contributed by atoms with van der Waals surface area (Å²) in [5, 5.41) is 11.9. The zero-order valence-corrected chi connectivity index (χ0v) is 24.0. The van der Waals surface area contributed by atoms with E-state index in [1.807, 2.05) is 17.0 Å². The number of methoxy groups -OCH3 is 1. The molecule has 2 aliphatic heterocycles. The summed E-state index contributed by atoms with van der Waals surface area (Å²) in [7, 11) is 1.58. The molecule has 222 valence electrons. The minimum atomic E-state index is -1.25. The third kappa shape index (κ3) is 7.24. The second-order valence-electron chi connectivity index (χ2n) is 11.0. The molecule has 0 spiro atoms. The number of nitrogens with one attached hydrogen (secondary N) is 1. The fourth-order valence-electron chi connectivity index (χ4n) is 5.68. The van der Waals surface area contributed by atoms with Gasteiger partial charge in [0.1, 0.15) is 17.6 Å². The van der Waals surface area contributed by atoms with Crippen LogP contribution in [0.4, 0.5) is 4.39 Å². The third-order valence-electron chi connectivity index (χ3n) is 8.18. The Bertz CT molecular complexity index is 1500. The molecule has 2 atom stereocenters. The topological polar surface area (TPSA) is 116 Å². The summed E-state index contributed by atoms with van der Waals surface area (Å²) < 4.78 is 20.2. The van der Waals surface area contributed by atoms with Crippen LogP contribution in [-0.2, 0) is 6.54 Å². The summed E-state index contributed by atoms with van der Waals surface area (Å²) in [6, 6.07) is 18.8. The lowest BCUT2D eigenvalue weighted by atomic mass is 9.88. The highest BCUT2D eigenvalue weighted by Crippen LogP contribution is 2.24. The number of amides is 2. The maximum Gasteiger partial charge on any atom is 0.272 e. The molecule has 1 N–H and O–H groups in total. The van der Waals surface area contributed by atoms with Crippen LogP contribution in [0.25, 0.3) is 0 Å². The standard InChI is InChI=1S/C33H34FN5O4/c1-43-27-8-5-24(6-9-27)31(40)25-11-15-39(16-12-25)33(42)30-10-7-26(19-36-30)32(41)37-29-13-14-38(21-28(29)34)20-23-4-2-3-22(17-23)18-35/h2-10,17,19,25,28-29H,11-16,20-21H2,1H3,(H,37,41). The average Bonchev–Trinajstić information content (AvgIpc) is 3.05. The van der Waals surface area contributed by atoms with Crippen molar-refractivity contribution in [3.8, 4) is 11.8 Å². The second kappa shape index (κ2) is 13.6. The summed E-state index contributed by atoms with van der Waals surface area (Å²) >= 11 is 0. The summed E-state index contributed by atoms with van der Waals surface area (Å²) in [6.07, 6.45) is 1.67. The highest BCUT2D eigenvalue weighted by Gasteiger charge is 2.31. The van der Waals surface area contributed by atoms with E-state index in [9.17, 15) is 14.4 Å². The van der Waals surface area contributed by atoms with Crippen molar-refractivity contribution in [2.45, 2.75) is 38.0 Å². The van der Waals surface area contributed by atoms with Gasteiger partial charge >= 0.3 is 0 Å². The molecule has 2 amide bonds. The summed E-state index contributed by atoms with van der Waals surface area (Å²) in [5.41, 5.74) is 2.62. The SMILES string of the molecule is COc1ccc(C(=O)C2CCN(C(=O)c3ccc(C(=O)NC4CCN(Cc5cccc(C#N)c5)CC4F)cn3)CC2)cc1. The van der Waals surface area contributed by atoms with Crippen molar-refractivity contribution >= 4 is 17.6 Å². The summed E-state index contributed by atoms with van der Waals surface area (Å²) in [4.78, 5) is 46.7. The largest absolute Gasteiger partial charge is 0.497 e. The average molecular weight is 584 g/mol. The number of likely N-dealkylation sites (tertiary alicyclic amines) is 2. The Morgan fingerprint density at radius 3 is 2.42 bits per heavy atom. The zero-order chi connectivity index (χ0) is 30.3. The molecule has 3 heterocycles. The van der Waals surface area contributed by atoms with Crippen LogP contribution in [0.5, 0.6) is 5.75 Å². The number of benzene rings is 2. The van der Waals surface area contributed by atoms with Crippen molar-refractivity contribution in [3.63, 3.8) is 0 Å². The van der Waals surface area contributed by atoms with E-state index in [1.165, 1.54) is 18.3 Å². The first-order valence-electron chi connectivity index (χ1n) is 14.4. The third-order valence-corrected chi connectivity index (χ3v) is 8.18. The molecule has 9 nitrogen and oxygen atoms in total. The van der Waals surface area contributed by atoms with Gasteiger partial charge in [-0.3, -0.25) is 24.3 Å². The van der Waals surface area contributed by atoms with Crippen molar-refractivity contribution in [1.82, 2.24) is 20.1 Å². The summed E-state index contributed by atoms with van der Waals surface area (Å²) in [6.45, 7) is 2.20. The normalized spacial score (nSPS) is 19.3. The lowest BCUT2D eigenvalue weighted by molar-refractivity contribution is 0.0645. The molecule has 5 rings (SSSR count). The fraction of sp³-hybridized carbons (Fsp3) is 0.364. The number of carbonyl (C=O) groups is 3. The number of rotatable bonds is 8. The minimum absolute atomic E-state index is 0.0646. The Hall–Kier alpha value is -4.62. The van der Waals surface area contributed by atoms with Gasteiger partial charge in [0.15, 0.2) is 5.78 Å². The van der Waals surface area contributed by atoms with E-state index in [1.54, 1.807) is 48.4 Å². The van der Waals surface area contributed by atoms with Gasteiger partial charge in [-0.2, -0.15) is 5.26 Å². The molecule has 3 aromatic rings. The van der Waals surface area contributed by atoms with E-state index in [2.05, 4.69) is 16.4 Å². The van der Waals surface area contributed by atoms with E-state index in [4.69, 9.17) is 10.00 Å². The number of hydrogen-bond acceptors (Lipinski definition) is 7. The number of Topliss-reactive ketones (excluding diaryl/α,β-unsaturated/α-hetero) is 1. The van der Waals surface area contributed by atoms with Crippen LogP contribution in [0.2, 0.25) is 0 Å². The van der Waals surface area contributed by atoms with Crippen molar-refractivity contribution in [2.75, 3.05) is 33.3 Å². The second-order valence-corrected chi connectivity index (χ2v) is 11.0. The van der Waals surface area contributed by atoms with E-state index in [0.717, 1.165) is 5.56 Å². The highest BCUT2D eigenvalue weighted by molar-refractivity contribution is 5.99. The Morgan fingerprint density at radius 1 is 1.02 bits per heavy atom. The molecule has 2 aromatic carbocycles. The van der Waals surface area contributed by atoms with Gasteiger partial charge in [-0.05, 0) is 73.4 Å². The van der Waals surface area contributed by atoms with Gasteiger partial charge < -0.3 is 15.0 Å². The Labute approximate surface area is 250 Å². The maximum absolute atomic E-state index is 15.0. The number of aromatic nitrogens is 1. The molecule has 0 radical (unpaired) electrons. The van der Waals surface area contributed by atoms with Gasteiger partial charge in [0, 0.05) is 50.4 Å². The number of carbonyl (C=O) groups excluding carboxylic acids is 3. The maximum atomic E-state index is 15.0. The van der Waals surface area contributed by atoms with Crippen LogP contribution in [0.15, 0.2) is 66.9 Å². The first-order chi connectivity index (χ1) is 20.8. The molecule has 0 saturated carbocycles. The molecule has 10 heteroatoms. The van der Waals surface area contributed by atoms with Crippen LogP contribution in [0, 0.1) is 17.2 Å². The number of nitriles is 1. The van der Waals surface area contributed by atoms with Gasteiger partial charge in [0.25, 0.3) is 11.8 Å². The Balaban J connectivity index is 1.09. The molecule has 2 saturated heterocycles. The van der Waals surface area contributed by atoms with E-state index in [0.29, 0.717) is 62.3 Å². The molecule has 2 fully saturated rings. The van der Waals surface area contributed by atoms with Gasteiger partial charge in [0.2, 0.25) is 0 Å². The number of piperidine rings is 2. The molecule has 0 bridgehead atoms. The fourth-order valence-corrected chi connectivity index (χ4v) is 5.68. The van der Waals surface area contributed by atoms with E-state index >= 15 is 4.39 Å². The van der Waals surface area contributed by atoms with Crippen LogP contribution >= 0.6 is 0 Å². The number of ketones is 1. The molecule has 2 unspecified atom stereocenters. The Kier molecular flexibility index (Phi) is 9.42. The van der Waals surface area contributed by atoms with E-state index in [-0.39, 0.29) is 35.4 Å². The highest BCUT2D eigenvalue weighted by atomic mass is 19.1. The molecular weight excluding hydrogens is 549 g/mol. The quantitative estimate of drug-likeness (QED) is 0.398. The minimum Gasteiger partial charge on any atom is -0.497 e. The predicted molar refractivity (Wildman–Crippen MR) is 157 cm³/mol. The van der Waals surface area contributed by atoms with E-state index < -0.39 is 18.1 Å². The Morgan fingerprint density at radius 2 is 1.77 bits per heavy atom. The first-order valence-corrected chi connectivity index (χ1v) is 14.4. The monoisotopic (exact) mass is 583 g/mol. The summed E-state index contributed by atoms with van der Waals surface area (Å²) in [5.74, 6) is -0.0880. The number of halogens is 1. The number of nitrogens with zero attached hydrogens (tertiary/aromatic N) is 4. The number of pyridine rings is 1. The van der Waals surface area contributed by atoms with Gasteiger partial charge in [0.05, 0.1) is 30.3 Å². The molecule has 2 aliphatic rings.